The van der Waals surface area contributed by atoms with Gasteiger partial charge in [-0.3, -0.25) is 0 Å². The maximum absolute atomic E-state index is 13.8. The third-order valence-electron chi connectivity index (χ3n) is 3.69. The highest BCUT2D eigenvalue weighted by Crippen LogP contribution is 2.33. The molecule has 0 radical (unpaired) electrons. The van der Waals surface area contributed by atoms with Crippen LogP contribution in [0.2, 0.25) is 0 Å². The average Bonchev–Trinajstić information content (AvgIpc) is 2.55. The zero-order chi connectivity index (χ0) is 16.4. The number of halogens is 1. The zero-order valence-corrected chi connectivity index (χ0v) is 13.3. The summed E-state index contributed by atoms with van der Waals surface area (Å²) in [5.41, 5.74) is 0.774. The van der Waals surface area contributed by atoms with Gasteiger partial charge in [-0.1, -0.05) is 18.2 Å². The molecule has 2 aromatic rings. The first-order valence-corrected chi connectivity index (χ1v) is 8.57. The lowest BCUT2D eigenvalue weighted by Crippen LogP contribution is -2.32. The van der Waals surface area contributed by atoms with Gasteiger partial charge in [-0.15, -0.1) is 0 Å². The Hall–Kier alpha value is -2.12. The Labute approximate surface area is 134 Å². The molecule has 3 rings (SSSR count). The standard InChI is InChI=1S/C16H16FNO4S/c1-21-16-7-6-11(10-13(16)17)23(19,20)18-14-8-9-22-15-5-3-2-4-12(14)15/h2-7,10,14,18H,8-9H2,1H3/t14-/m1/s1. The summed E-state index contributed by atoms with van der Waals surface area (Å²) in [6.45, 7) is 0.418. The van der Waals surface area contributed by atoms with Crippen LogP contribution in [0.4, 0.5) is 4.39 Å². The number of hydrogen-bond acceptors (Lipinski definition) is 4. The lowest BCUT2D eigenvalue weighted by Gasteiger charge is -2.26. The van der Waals surface area contributed by atoms with Gasteiger partial charge in [-0.25, -0.2) is 17.5 Å². The molecule has 0 saturated carbocycles. The summed E-state index contributed by atoms with van der Waals surface area (Å²) in [5.74, 6) is -0.0597. The van der Waals surface area contributed by atoms with Crippen molar-refractivity contribution in [2.45, 2.75) is 17.4 Å². The SMILES string of the molecule is COc1ccc(S(=O)(=O)N[C@@H]2CCOc3ccccc32)cc1F. The number of rotatable bonds is 4. The Morgan fingerprint density at radius 3 is 2.78 bits per heavy atom. The number of nitrogens with one attached hydrogen (secondary N) is 1. The molecule has 0 bridgehead atoms. The van der Waals surface area contributed by atoms with Crippen molar-refractivity contribution < 1.29 is 22.3 Å². The molecule has 0 aromatic heterocycles. The first kappa shape index (κ1) is 15.8. The number of sulfonamides is 1. The van der Waals surface area contributed by atoms with Crippen LogP contribution >= 0.6 is 0 Å². The molecule has 1 heterocycles. The summed E-state index contributed by atoms with van der Waals surface area (Å²) in [6.07, 6.45) is 0.509. The minimum Gasteiger partial charge on any atom is -0.494 e. The lowest BCUT2D eigenvalue weighted by atomic mass is 10.0. The molecular formula is C16H16FNO4S. The van der Waals surface area contributed by atoms with E-state index in [-0.39, 0.29) is 10.6 Å². The van der Waals surface area contributed by atoms with Crippen LogP contribution in [0.5, 0.6) is 11.5 Å². The van der Waals surface area contributed by atoms with Crippen molar-refractivity contribution in [3.63, 3.8) is 0 Å². The van der Waals surface area contributed by atoms with E-state index in [1.165, 1.54) is 19.2 Å². The number of methoxy groups -OCH3 is 1. The third kappa shape index (κ3) is 3.16. The van der Waals surface area contributed by atoms with E-state index in [4.69, 9.17) is 9.47 Å². The van der Waals surface area contributed by atoms with Crippen LogP contribution in [0, 0.1) is 5.82 Å². The molecule has 23 heavy (non-hydrogen) atoms. The maximum atomic E-state index is 13.8. The summed E-state index contributed by atoms with van der Waals surface area (Å²) >= 11 is 0. The Kier molecular flexibility index (Phi) is 4.23. The highest BCUT2D eigenvalue weighted by atomic mass is 32.2. The third-order valence-corrected chi connectivity index (χ3v) is 5.16. The summed E-state index contributed by atoms with van der Waals surface area (Å²) in [4.78, 5) is -0.139. The Morgan fingerprint density at radius 2 is 2.04 bits per heavy atom. The molecule has 0 fully saturated rings. The van der Waals surface area contributed by atoms with Crippen LogP contribution in [0.1, 0.15) is 18.0 Å². The van der Waals surface area contributed by atoms with Gasteiger partial charge in [-0.2, -0.15) is 0 Å². The molecule has 1 atom stereocenters. The van der Waals surface area contributed by atoms with Crippen molar-refractivity contribution in [3.05, 3.63) is 53.8 Å². The van der Waals surface area contributed by atoms with E-state index in [1.807, 2.05) is 18.2 Å². The van der Waals surface area contributed by atoms with Crippen molar-refractivity contribution in [3.8, 4) is 11.5 Å². The molecular weight excluding hydrogens is 321 g/mol. The first-order chi connectivity index (χ1) is 11.0. The summed E-state index contributed by atoms with van der Waals surface area (Å²) in [6, 6.07) is 10.4. The fourth-order valence-electron chi connectivity index (χ4n) is 2.53. The van der Waals surface area contributed by atoms with E-state index < -0.39 is 21.9 Å². The van der Waals surface area contributed by atoms with Gasteiger partial charge in [-0.05, 0) is 24.3 Å². The molecule has 0 unspecified atom stereocenters. The predicted octanol–water partition coefficient (Wildman–Crippen LogP) is 2.64. The van der Waals surface area contributed by atoms with Gasteiger partial charge in [0.1, 0.15) is 5.75 Å². The van der Waals surface area contributed by atoms with Crippen LogP contribution in [-0.4, -0.2) is 22.1 Å². The van der Waals surface area contributed by atoms with Gasteiger partial charge in [0.25, 0.3) is 0 Å². The van der Waals surface area contributed by atoms with Crippen LogP contribution in [0.15, 0.2) is 47.4 Å². The molecule has 7 heteroatoms. The zero-order valence-electron chi connectivity index (χ0n) is 12.5. The molecule has 0 amide bonds. The van der Waals surface area contributed by atoms with E-state index >= 15 is 0 Å². The lowest BCUT2D eigenvalue weighted by molar-refractivity contribution is 0.263. The second kappa shape index (κ2) is 6.17. The van der Waals surface area contributed by atoms with E-state index in [1.54, 1.807) is 6.07 Å². The summed E-state index contributed by atoms with van der Waals surface area (Å²) in [5, 5.41) is 0. The number of fused-ring (bicyclic) bond motifs is 1. The number of benzene rings is 2. The summed E-state index contributed by atoms with van der Waals surface area (Å²) < 4.78 is 51.7. The van der Waals surface area contributed by atoms with E-state index in [2.05, 4.69) is 4.72 Å². The molecule has 0 saturated heterocycles. The molecule has 1 N–H and O–H groups in total. The summed E-state index contributed by atoms with van der Waals surface area (Å²) in [7, 11) is -2.53. The van der Waals surface area contributed by atoms with Gasteiger partial charge in [0.15, 0.2) is 11.6 Å². The van der Waals surface area contributed by atoms with Crippen molar-refractivity contribution >= 4 is 10.0 Å². The largest absolute Gasteiger partial charge is 0.494 e. The van der Waals surface area contributed by atoms with E-state index in [0.717, 1.165) is 11.6 Å². The predicted molar refractivity (Wildman–Crippen MR) is 82.6 cm³/mol. The van der Waals surface area contributed by atoms with Crippen molar-refractivity contribution in [1.82, 2.24) is 4.72 Å². The Balaban J connectivity index is 1.89. The highest BCUT2D eigenvalue weighted by Gasteiger charge is 2.27. The molecule has 1 aliphatic heterocycles. The van der Waals surface area contributed by atoms with Crippen LogP contribution < -0.4 is 14.2 Å². The fourth-order valence-corrected chi connectivity index (χ4v) is 3.80. The van der Waals surface area contributed by atoms with Gasteiger partial charge < -0.3 is 9.47 Å². The molecule has 0 aliphatic carbocycles. The minimum atomic E-state index is -3.85. The highest BCUT2D eigenvalue weighted by molar-refractivity contribution is 7.89. The van der Waals surface area contributed by atoms with Gasteiger partial charge in [0, 0.05) is 12.0 Å². The van der Waals surface area contributed by atoms with Crippen LogP contribution in [0.25, 0.3) is 0 Å². The van der Waals surface area contributed by atoms with Crippen molar-refractivity contribution in [2.75, 3.05) is 13.7 Å². The molecule has 2 aromatic carbocycles. The fraction of sp³-hybridized carbons (Fsp3) is 0.250. The first-order valence-electron chi connectivity index (χ1n) is 7.09. The second-order valence-electron chi connectivity index (χ2n) is 5.15. The van der Waals surface area contributed by atoms with Gasteiger partial charge in [0.05, 0.1) is 24.7 Å². The minimum absolute atomic E-state index is 0.000335. The smallest absolute Gasteiger partial charge is 0.241 e. The Morgan fingerprint density at radius 1 is 1.26 bits per heavy atom. The quantitative estimate of drug-likeness (QED) is 0.931. The van der Waals surface area contributed by atoms with Gasteiger partial charge in [0.2, 0.25) is 10.0 Å². The van der Waals surface area contributed by atoms with Crippen molar-refractivity contribution in [1.29, 1.82) is 0 Å². The normalized spacial score (nSPS) is 17.2. The molecule has 0 spiro atoms. The second-order valence-corrected chi connectivity index (χ2v) is 6.86. The number of para-hydroxylation sites is 1. The van der Waals surface area contributed by atoms with Gasteiger partial charge >= 0.3 is 0 Å². The maximum Gasteiger partial charge on any atom is 0.241 e. The Bertz CT molecular complexity index is 823. The number of hydrogen-bond donors (Lipinski definition) is 1. The molecule has 122 valence electrons. The topological polar surface area (TPSA) is 64.6 Å². The molecule has 5 nitrogen and oxygen atoms in total. The average molecular weight is 337 g/mol. The molecule has 1 aliphatic rings. The van der Waals surface area contributed by atoms with E-state index in [0.29, 0.717) is 18.8 Å². The van der Waals surface area contributed by atoms with Crippen LogP contribution in [0.3, 0.4) is 0 Å². The van der Waals surface area contributed by atoms with Crippen molar-refractivity contribution in [2.24, 2.45) is 0 Å². The monoisotopic (exact) mass is 337 g/mol. The van der Waals surface area contributed by atoms with Crippen LogP contribution in [-0.2, 0) is 10.0 Å². The van der Waals surface area contributed by atoms with E-state index in [9.17, 15) is 12.8 Å². The number of ether oxygens (including phenoxy) is 2.